The van der Waals surface area contributed by atoms with E-state index in [9.17, 15) is 0 Å². The minimum Gasteiger partial charge on any atom is -0.253 e. The monoisotopic (exact) mass is 232 g/mol. The number of hydrogen-bond donors (Lipinski definition) is 0. The Hall–Kier alpha value is -2.62. The van der Waals surface area contributed by atoms with Crippen LogP contribution in [0.15, 0.2) is 49.1 Å². The third kappa shape index (κ3) is 1.32. The first-order valence-electron chi connectivity index (χ1n) is 5.65. The molecule has 18 heavy (non-hydrogen) atoms. The SMILES string of the molecule is c1cnc2cc3cc4nccnc4cc3cc2n1. The summed E-state index contributed by atoms with van der Waals surface area (Å²) in [4.78, 5) is 17.3. The smallest absolute Gasteiger partial charge is 0.0893 e. The molecule has 0 fully saturated rings. The molecular weight excluding hydrogens is 224 g/mol. The first-order valence-corrected chi connectivity index (χ1v) is 5.65. The maximum Gasteiger partial charge on any atom is 0.0893 e. The lowest BCUT2D eigenvalue weighted by Gasteiger charge is -2.02. The first-order chi connectivity index (χ1) is 8.90. The standard InChI is InChI=1S/C14H8N4/c1-2-16-12-6-10-8-14-13(17-3-4-18-14)7-9(10)5-11(12)15-1/h1-8H. The Morgan fingerprint density at radius 3 is 1.00 bits per heavy atom. The number of aromatic nitrogens is 4. The lowest BCUT2D eigenvalue weighted by Crippen LogP contribution is -1.86. The highest BCUT2D eigenvalue weighted by atomic mass is 14.8. The summed E-state index contributed by atoms with van der Waals surface area (Å²) in [7, 11) is 0. The molecule has 0 aliphatic carbocycles. The highest BCUT2D eigenvalue weighted by Gasteiger charge is 2.02. The van der Waals surface area contributed by atoms with E-state index in [1.807, 2.05) is 24.3 Å². The Morgan fingerprint density at radius 2 is 0.722 bits per heavy atom. The number of fused-ring (bicyclic) bond motifs is 3. The Morgan fingerprint density at radius 1 is 0.444 bits per heavy atom. The van der Waals surface area contributed by atoms with Crippen LogP contribution in [0.5, 0.6) is 0 Å². The van der Waals surface area contributed by atoms with Crippen molar-refractivity contribution in [2.24, 2.45) is 0 Å². The molecule has 4 nitrogen and oxygen atoms in total. The van der Waals surface area contributed by atoms with Gasteiger partial charge in [0.25, 0.3) is 0 Å². The summed E-state index contributed by atoms with van der Waals surface area (Å²) in [5, 5.41) is 2.21. The van der Waals surface area contributed by atoms with Gasteiger partial charge in [-0.2, -0.15) is 0 Å². The van der Waals surface area contributed by atoms with Gasteiger partial charge in [0.05, 0.1) is 22.1 Å². The lowest BCUT2D eigenvalue weighted by atomic mass is 10.1. The van der Waals surface area contributed by atoms with Gasteiger partial charge in [-0.05, 0) is 35.0 Å². The van der Waals surface area contributed by atoms with E-state index in [-0.39, 0.29) is 0 Å². The van der Waals surface area contributed by atoms with Crippen molar-refractivity contribution in [3.8, 4) is 0 Å². The van der Waals surface area contributed by atoms with Gasteiger partial charge in [0.1, 0.15) is 0 Å². The quantitative estimate of drug-likeness (QED) is 0.437. The van der Waals surface area contributed by atoms with Crippen LogP contribution in [0.3, 0.4) is 0 Å². The van der Waals surface area contributed by atoms with Gasteiger partial charge in [-0.15, -0.1) is 0 Å². The second-order valence-electron chi connectivity index (χ2n) is 4.14. The summed E-state index contributed by atoms with van der Waals surface area (Å²) in [6.45, 7) is 0. The molecule has 2 aromatic heterocycles. The Labute approximate surface area is 102 Å². The van der Waals surface area contributed by atoms with E-state index in [2.05, 4.69) is 19.9 Å². The van der Waals surface area contributed by atoms with Gasteiger partial charge >= 0.3 is 0 Å². The van der Waals surface area contributed by atoms with Crippen LogP contribution in [0.4, 0.5) is 0 Å². The average molecular weight is 232 g/mol. The van der Waals surface area contributed by atoms with Crippen molar-refractivity contribution in [2.75, 3.05) is 0 Å². The molecule has 0 saturated carbocycles. The average Bonchev–Trinajstić information content (AvgIpc) is 2.42. The summed E-state index contributed by atoms with van der Waals surface area (Å²) in [6.07, 6.45) is 6.81. The zero-order valence-corrected chi connectivity index (χ0v) is 9.41. The maximum absolute atomic E-state index is 4.31. The molecule has 2 heterocycles. The summed E-state index contributed by atoms with van der Waals surface area (Å²) in [5.74, 6) is 0. The van der Waals surface area contributed by atoms with E-state index < -0.39 is 0 Å². The van der Waals surface area contributed by atoms with Crippen molar-refractivity contribution in [3.63, 3.8) is 0 Å². The topological polar surface area (TPSA) is 51.6 Å². The third-order valence-corrected chi connectivity index (χ3v) is 3.01. The highest BCUT2D eigenvalue weighted by Crippen LogP contribution is 2.23. The molecule has 4 rings (SSSR count). The molecule has 0 atom stereocenters. The molecular formula is C14H8N4. The summed E-state index contributed by atoms with van der Waals surface area (Å²) in [5.41, 5.74) is 3.59. The molecule has 84 valence electrons. The molecule has 4 heteroatoms. The van der Waals surface area contributed by atoms with E-state index in [0.29, 0.717) is 0 Å². The van der Waals surface area contributed by atoms with Gasteiger partial charge in [-0.25, -0.2) is 0 Å². The van der Waals surface area contributed by atoms with Crippen LogP contribution >= 0.6 is 0 Å². The zero-order chi connectivity index (χ0) is 11.9. The summed E-state index contributed by atoms with van der Waals surface area (Å²) >= 11 is 0. The van der Waals surface area contributed by atoms with E-state index in [1.165, 1.54) is 0 Å². The van der Waals surface area contributed by atoms with Crippen molar-refractivity contribution in [1.82, 2.24) is 19.9 Å². The van der Waals surface area contributed by atoms with Crippen LogP contribution in [-0.4, -0.2) is 19.9 Å². The van der Waals surface area contributed by atoms with Crippen molar-refractivity contribution in [1.29, 1.82) is 0 Å². The van der Waals surface area contributed by atoms with Crippen molar-refractivity contribution in [2.45, 2.75) is 0 Å². The Balaban J connectivity index is 2.20. The first kappa shape index (κ1) is 9.41. The minimum atomic E-state index is 0.897. The molecule has 0 N–H and O–H groups in total. The fourth-order valence-electron chi connectivity index (χ4n) is 2.17. The van der Waals surface area contributed by atoms with Crippen LogP contribution in [0.2, 0.25) is 0 Å². The van der Waals surface area contributed by atoms with Crippen LogP contribution in [0.1, 0.15) is 0 Å². The molecule has 0 saturated heterocycles. The molecule has 0 amide bonds. The van der Waals surface area contributed by atoms with Crippen LogP contribution in [0, 0.1) is 0 Å². The van der Waals surface area contributed by atoms with Gasteiger partial charge in [-0.3, -0.25) is 19.9 Å². The number of nitrogens with zero attached hydrogens (tertiary/aromatic N) is 4. The molecule has 0 unspecified atom stereocenters. The third-order valence-electron chi connectivity index (χ3n) is 3.01. The van der Waals surface area contributed by atoms with Gasteiger partial charge in [-0.1, -0.05) is 0 Å². The molecule has 0 aliphatic rings. The maximum atomic E-state index is 4.31. The van der Waals surface area contributed by atoms with Crippen LogP contribution in [0.25, 0.3) is 32.8 Å². The largest absolute Gasteiger partial charge is 0.253 e. The second-order valence-corrected chi connectivity index (χ2v) is 4.14. The predicted molar refractivity (Wildman–Crippen MR) is 70.1 cm³/mol. The number of hydrogen-bond acceptors (Lipinski definition) is 4. The van der Waals surface area contributed by atoms with E-state index >= 15 is 0 Å². The second kappa shape index (κ2) is 3.43. The molecule has 0 aliphatic heterocycles. The summed E-state index contributed by atoms with van der Waals surface area (Å²) in [6, 6.07) is 8.13. The van der Waals surface area contributed by atoms with Gasteiger partial charge < -0.3 is 0 Å². The Kier molecular flexibility index (Phi) is 1.80. The highest BCUT2D eigenvalue weighted by molar-refractivity contribution is 6.00. The van der Waals surface area contributed by atoms with Crippen molar-refractivity contribution >= 4 is 32.8 Å². The van der Waals surface area contributed by atoms with Gasteiger partial charge in [0, 0.05) is 24.8 Å². The van der Waals surface area contributed by atoms with Gasteiger partial charge in [0.2, 0.25) is 0 Å². The molecule has 0 bridgehead atoms. The number of benzene rings is 2. The molecule has 2 aromatic carbocycles. The number of rotatable bonds is 0. The van der Waals surface area contributed by atoms with Crippen LogP contribution < -0.4 is 0 Å². The summed E-state index contributed by atoms with van der Waals surface area (Å²) < 4.78 is 0. The fourth-order valence-corrected chi connectivity index (χ4v) is 2.17. The van der Waals surface area contributed by atoms with Crippen molar-refractivity contribution in [3.05, 3.63) is 49.1 Å². The normalized spacial score (nSPS) is 11.3. The zero-order valence-electron chi connectivity index (χ0n) is 9.41. The van der Waals surface area contributed by atoms with E-state index in [0.717, 1.165) is 32.8 Å². The fraction of sp³-hybridized carbons (Fsp3) is 0. The van der Waals surface area contributed by atoms with Crippen LogP contribution in [-0.2, 0) is 0 Å². The van der Waals surface area contributed by atoms with E-state index in [4.69, 9.17) is 0 Å². The molecule has 4 aromatic rings. The van der Waals surface area contributed by atoms with Gasteiger partial charge in [0.15, 0.2) is 0 Å². The molecule has 0 spiro atoms. The lowest BCUT2D eigenvalue weighted by molar-refractivity contribution is 1.29. The predicted octanol–water partition coefficient (Wildman–Crippen LogP) is 2.73. The van der Waals surface area contributed by atoms with Crippen molar-refractivity contribution < 1.29 is 0 Å². The Bertz CT molecular complexity index is 742. The molecule has 0 radical (unpaired) electrons. The van der Waals surface area contributed by atoms with E-state index in [1.54, 1.807) is 24.8 Å². The minimum absolute atomic E-state index is 0.897.